The Balaban J connectivity index is 1.83. The SMILES string of the molecule is CC(=O)N[C@@H]1[C@H]2CN(c3nnc(Br)s3)[C@@H]1C[C@H]2C. The van der Waals surface area contributed by atoms with Gasteiger partial charge in [-0.1, -0.05) is 18.3 Å². The van der Waals surface area contributed by atoms with Gasteiger partial charge in [-0.15, -0.1) is 10.2 Å². The summed E-state index contributed by atoms with van der Waals surface area (Å²) < 4.78 is 0.810. The first-order valence-corrected chi connectivity index (χ1v) is 7.70. The molecule has 2 fully saturated rings. The minimum absolute atomic E-state index is 0.0596. The smallest absolute Gasteiger partial charge is 0.217 e. The van der Waals surface area contributed by atoms with Crippen LogP contribution in [0.15, 0.2) is 3.92 Å². The molecule has 0 spiro atoms. The summed E-state index contributed by atoms with van der Waals surface area (Å²) in [6.07, 6.45) is 1.12. The van der Waals surface area contributed by atoms with E-state index >= 15 is 0 Å². The Morgan fingerprint density at radius 3 is 2.94 bits per heavy atom. The molecule has 18 heavy (non-hydrogen) atoms. The van der Waals surface area contributed by atoms with Crippen LogP contribution in [-0.2, 0) is 4.79 Å². The molecule has 1 saturated heterocycles. The van der Waals surface area contributed by atoms with Gasteiger partial charge < -0.3 is 10.2 Å². The minimum atomic E-state index is 0.0596. The zero-order valence-electron chi connectivity index (χ0n) is 10.3. The van der Waals surface area contributed by atoms with Crippen molar-refractivity contribution in [3.05, 3.63) is 3.92 Å². The molecule has 2 aliphatic rings. The number of nitrogens with one attached hydrogen (secondary N) is 1. The molecule has 1 aliphatic heterocycles. The molecule has 4 atom stereocenters. The van der Waals surface area contributed by atoms with Gasteiger partial charge >= 0.3 is 0 Å². The molecule has 7 heteroatoms. The number of aromatic nitrogens is 2. The third kappa shape index (κ3) is 1.93. The van der Waals surface area contributed by atoms with E-state index in [0.29, 0.717) is 17.9 Å². The highest BCUT2D eigenvalue weighted by molar-refractivity contribution is 9.11. The van der Waals surface area contributed by atoms with Crippen LogP contribution < -0.4 is 10.2 Å². The summed E-state index contributed by atoms with van der Waals surface area (Å²) in [7, 11) is 0. The minimum Gasteiger partial charge on any atom is -0.351 e. The first kappa shape index (κ1) is 12.3. The molecule has 1 saturated carbocycles. The molecule has 0 unspecified atom stereocenters. The standard InChI is InChI=1S/C11H15BrN4OS/c1-5-3-8-9(13-6(2)17)7(5)4-16(8)11-15-14-10(12)18-11/h5,7-9H,3-4H2,1-2H3,(H,13,17)/t5-,7+,8-,9-/m1/s1. The number of anilines is 1. The summed E-state index contributed by atoms with van der Waals surface area (Å²) >= 11 is 4.90. The van der Waals surface area contributed by atoms with Gasteiger partial charge in [0.25, 0.3) is 0 Å². The Labute approximate surface area is 118 Å². The number of carbonyl (C=O) groups is 1. The van der Waals surface area contributed by atoms with Gasteiger partial charge in [-0.3, -0.25) is 4.79 Å². The van der Waals surface area contributed by atoms with Gasteiger partial charge in [-0.2, -0.15) is 0 Å². The second-order valence-corrected chi connectivity index (χ2v) is 7.39. The average molecular weight is 331 g/mol. The highest BCUT2D eigenvalue weighted by Gasteiger charge is 2.51. The van der Waals surface area contributed by atoms with Gasteiger partial charge in [-0.25, -0.2) is 0 Å². The predicted molar refractivity (Wildman–Crippen MR) is 73.6 cm³/mol. The van der Waals surface area contributed by atoms with Crippen molar-refractivity contribution in [3.63, 3.8) is 0 Å². The maximum Gasteiger partial charge on any atom is 0.217 e. The van der Waals surface area contributed by atoms with Gasteiger partial charge in [-0.05, 0) is 28.3 Å². The lowest BCUT2D eigenvalue weighted by molar-refractivity contribution is -0.119. The van der Waals surface area contributed by atoms with Crippen molar-refractivity contribution in [2.45, 2.75) is 32.4 Å². The van der Waals surface area contributed by atoms with Gasteiger partial charge in [0.05, 0.1) is 12.1 Å². The van der Waals surface area contributed by atoms with Crippen molar-refractivity contribution in [3.8, 4) is 0 Å². The van der Waals surface area contributed by atoms with Crippen molar-refractivity contribution >= 4 is 38.3 Å². The normalized spacial score (nSPS) is 34.1. The van der Waals surface area contributed by atoms with Crippen molar-refractivity contribution in [1.82, 2.24) is 15.5 Å². The van der Waals surface area contributed by atoms with E-state index in [1.807, 2.05) is 0 Å². The summed E-state index contributed by atoms with van der Waals surface area (Å²) in [4.78, 5) is 13.6. The second-order valence-electron chi connectivity index (χ2n) is 5.16. The number of fused-ring (bicyclic) bond motifs is 2. The highest BCUT2D eigenvalue weighted by Crippen LogP contribution is 2.45. The number of halogens is 1. The van der Waals surface area contributed by atoms with Crippen LogP contribution in [0, 0.1) is 11.8 Å². The molecular weight excluding hydrogens is 316 g/mol. The number of piperidine rings is 1. The molecule has 2 bridgehead atoms. The summed E-state index contributed by atoms with van der Waals surface area (Å²) in [5.74, 6) is 1.26. The van der Waals surface area contributed by atoms with E-state index in [1.54, 1.807) is 18.3 Å². The lowest BCUT2D eigenvalue weighted by atomic mass is 9.95. The topological polar surface area (TPSA) is 58.1 Å². The van der Waals surface area contributed by atoms with Crippen LogP contribution in [0.3, 0.4) is 0 Å². The van der Waals surface area contributed by atoms with E-state index in [9.17, 15) is 4.79 Å². The molecule has 3 rings (SSSR count). The van der Waals surface area contributed by atoms with E-state index in [1.165, 1.54) is 0 Å². The molecule has 98 valence electrons. The fourth-order valence-electron chi connectivity index (χ4n) is 3.29. The molecule has 1 aromatic rings. The van der Waals surface area contributed by atoms with Crippen molar-refractivity contribution in [1.29, 1.82) is 0 Å². The number of rotatable bonds is 2. The summed E-state index contributed by atoms with van der Waals surface area (Å²) in [5.41, 5.74) is 0. The highest BCUT2D eigenvalue weighted by atomic mass is 79.9. The van der Waals surface area contributed by atoms with Crippen LogP contribution in [0.1, 0.15) is 20.3 Å². The van der Waals surface area contributed by atoms with Gasteiger partial charge in [0, 0.05) is 19.4 Å². The zero-order chi connectivity index (χ0) is 12.9. The van der Waals surface area contributed by atoms with Crippen LogP contribution in [0.2, 0.25) is 0 Å². The van der Waals surface area contributed by atoms with E-state index < -0.39 is 0 Å². The molecule has 1 aliphatic carbocycles. The summed E-state index contributed by atoms with van der Waals surface area (Å²) in [6, 6.07) is 0.633. The monoisotopic (exact) mass is 330 g/mol. The molecule has 1 aromatic heterocycles. The molecular formula is C11H15BrN4OS. The average Bonchev–Trinajstić information content (AvgIpc) is 2.92. The zero-order valence-corrected chi connectivity index (χ0v) is 12.7. The van der Waals surface area contributed by atoms with Crippen molar-refractivity contribution < 1.29 is 4.79 Å². The third-order valence-electron chi connectivity index (χ3n) is 4.03. The maximum absolute atomic E-state index is 11.3. The largest absolute Gasteiger partial charge is 0.351 e. The van der Waals surface area contributed by atoms with E-state index in [0.717, 1.165) is 22.0 Å². The Morgan fingerprint density at radius 1 is 1.56 bits per heavy atom. The maximum atomic E-state index is 11.3. The van der Waals surface area contributed by atoms with E-state index in [-0.39, 0.29) is 11.9 Å². The Kier molecular flexibility index (Phi) is 3.05. The molecule has 0 radical (unpaired) electrons. The fourth-order valence-corrected chi connectivity index (χ4v) is 4.45. The Hall–Kier alpha value is -0.690. The second kappa shape index (κ2) is 4.45. The summed E-state index contributed by atoms with van der Waals surface area (Å²) in [6.45, 7) is 4.83. The van der Waals surface area contributed by atoms with E-state index in [4.69, 9.17) is 0 Å². The van der Waals surface area contributed by atoms with Crippen LogP contribution in [-0.4, -0.2) is 34.7 Å². The molecule has 2 heterocycles. The van der Waals surface area contributed by atoms with Crippen LogP contribution in [0.5, 0.6) is 0 Å². The van der Waals surface area contributed by atoms with Gasteiger partial charge in [0.15, 0.2) is 3.92 Å². The Bertz CT molecular complexity index is 479. The number of nitrogens with zero attached hydrogens (tertiary/aromatic N) is 3. The van der Waals surface area contributed by atoms with Crippen LogP contribution in [0.25, 0.3) is 0 Å². The van der Waals surface area contributed by atoms with Crippen molar-refractivity contribution in [2.24, 2.45) is 11.8 Å². The summed E-state index contributed by atoms with van der Waals surface area (Å²) in [5, 5.41) is 12.3. The molecule has 5 nitrogen and oxygen atoms in total. The van der Waals surface area contributed by atoms with Crippen LogP contribution in [0.4, 0.5) is 5.13 Å². The number of hydrogen-bond donors (Lipinski definition) is 1. The van der Waals surface area contributed by atoms with E-state index in [2.05, 4.69) is 43.3 Å². The van der Waals surface area contributed by atoms with Gasteiger partial charge in [0.1, 0.15) is 0 Å². The van der Waals surface area contributed by atoms with Gasteiger partial charge in [0.2, 0.25) is 11.0 Å². The number of amides is 1. The molecule has 1 amide bonds. The Morgan fingerprint density at radius 2 is 2.33 bits per heavy atom. The lowest BCUT2D eigenvalue weighted by Crippen LogP contribution is -2.42. The quantitative estimate of drug-likeness (QED) is 0.895. The number of hydrogen-bond acceptors (Lipinski definition) is 5. The van der Waals surface area contributed by atoms with Crippen LogP contribution >= 0.6 is 27.3 Å². The first-order valence-electron chi connectivity index (χ1n) is 6.09. The fraction of sp³-hybridized carbons (Fsp3) is 0.727. The predicted octanol–water partition coefficient (Wildman–Crippen LogP) is 1.65. The first-order chi connectivity index (χ1) is 8.56. The molecule has 1 N–H and O–H groups in total. The third-order valence-corrected chi connectivity index (χ3v) is 5.43. The molecule has 0 aromatic carbocycles. The lowest BCUT2D eigenvalue weighted by Gasteiger charge is -2.28. The number of carbonyl (C=O) groups excluding carboxylic acids is 1. The van der Waals surface area contributed by atoms with Crippen molar-refractivity contribution in [2.75, 3.05) is 11.4 Å².